The Morgan fingerprint density at radius 2 is 1.84 bits per heavy atom. The number of aryl methyl sites for hydroxylation is 1. The van der Waals surface area contributed by atoms with Gasteiger partial charge in [0.15, 0.2) is 0 Å². The molecule has 0 saturated heterocycles. The normalized spacial score (nSPS) is 12.2. The molecule has 0 fully saturated rings. The number of hydrogen-bond acceptors (Lipinski definition) is 4. The molecule has 2 N–H and O–H groups in total. The summed E-state index contributed by atoms with van der Waals surface area (Å²) in [7, 11) is 0. The Morgan fingerprint density at radius 3 is 2.50 bits per heavy atom. The van der Waals surface area contributed by atoms with Gasteiger partial charge in [-0.3, -0.25) is 4.98 Å². The fourth-order valence-corrected chi connectivity index (χ4v) is 3.49. The largest absolute Gasteiger partial charge is 0.444 e. The topological polar surface area (TPSA) is 63.2 Å². The van der Waals surface area contributed by atoms with E-state index >= 15 is 0 Å². The molecule has 0 aliphatic heterocycles. The monoisotopic (exact) mass is 435 g/mol. The molecule has 2 aromatic carbocycles. The molecular formula is C26H30FN3O2. The van der Waals surface area contributed by atoms with Crippen LogP contribution in [0.15, 0.2) is 60.9 Å². The highest BCUT2D eigenvalue weighted by atomic mass is 19.1. The molecular weight excluding hydrogens is 405 g/mol. The first kappa shape index (κ1) is 23.3. The van der Waals surface area contributed by atoms with Gasteiger partial charge >= 0.3 is 6.09 Å². The number of carbonyl (C=O) groups excluding carboxylic acids is 1. The lowest BCUT2D eigenvalue weighted by Gasteiger charge is -2.25. The molecule has 32 heavy (non-hydrogen) atoms. The van der Waals surface area contributed by atoms with Crippen LogP contribution >= 0.6 is 0 Å². The number of amides is 1. The summed E-state index contributed by atoms with van der Waals surface area (Å²) in [6.07, 6.45) is 2.45. The zero-order chi connectivity index (χ0) is 23.3. The first-order valence-electron chi connectivity index (χ1n) is 10.7. The average molecular weight is 436 g/mol. The highest BCUT2D eigenvalue weighted by Gasteiger charge is 2.22. The lowest BCUT2D eigenvalue weighted by Crippen LogP contribution is -2.34. The third-order valence-corrected chi connectivity index (χ3v) is 4.88. The maximum absolute atomic E-state index is 14.7. The molecule has 1 aromatic heterocycles. The molecule has 0 bridgehead atoms. The van der Waals surface area contributed by atoms with Crippen molar-refractivity contribution >= 4 is 11.8 Å². The third kappa shape index (κ3) is 6.06. The summed E-state index contributed by atoms with van der Waals surface area (Å²) < 4.78 is 20.1. The van der Waals surface area contributed by atoms with E-state index in [0.717, 1.165) is 22.4 Å². The average Bonchev–Trinajstić information content (AvgIpc) is 2.72. The molecule has 1 atom stereocenters. The number of carbonyl (C=O) groups is 1. The van der Waals surface area contributed by atoms with E-state index in [1.165, 1.54) is 18.5 Å². The number of benzene rings is 2. The molecule has 5 nitrogen and oxygen atoms in total. The van der Waals surface area contributed by atoms with Crippen molar-refractivity contribution in [1.82, 2.24) is 10.3 Å². The molecule has 1 heterocycles. The van der Waals surface area contributed by atoms with Crippen LogP contribution in [0, 0.1) is 12.7 Å². The van der Waals surface area contributed by atoms with Gasteiger partial charge in [-0.1, -0.05) is 42.0 Å². The van der Waals surface area contributed by atoms with Gasteiger partial charge in [-0.2, -0.15) is 0 Å². The van der Waals surface area contributed by atoms with Crippen molar-refractivity contribution in [3.63, 3.8) is 0 Å². The molecule has 0 aliphatic carbocycles. The van der Waals surface area contributed by atoms with Gasteiger partial charge in [0.05, 0.1) is 6.04 Å². The van der Waals surface area contributed by atoms with Gasteiger partial charge in [0.1, 0.15) is 11.4 Å². The van der Waals surface area contributed by atoms with E-state index < -0.39 is 11.7 Å². The molecule has 0 saturated carbocycles. The molecule has 1 amide bonds. The summed E-state index contributed by atoms with van der Waals surface area (Å²) in [5.41, 5.74) is 4.11. The number of rotatable bonds is 6. The van der Waals surface area contributed by atoms with Crippen LogP contribution in [0.4, 0.5) is 14.9 Å². The smallest absolute Gasteiger partial charge is 0.408 e. The highest BCUT2D eigenvalue weighted by Crippen LogP contribution is 2.37. The van der Waals surface area contributed by atoms with Crippen LogP contribution < -0.4 is 10.6 Å². The molecule has 3 aromatic rings. The molecule has 0 aliphatic rings. The van der Waals surface area contributed by atoms with Gasteiger partial charge in [-0.15, -0.1) is 0 Å². The van der Waals surface area contributed by atoms with E-state index in [2.05, 4.69) is 15.6 Å². The number of ether oxygens (including phenoxy) is 1. The zero-order valence-corrected chi connectivity index (χ0v) is 19.2. The number of nitrogens with one attached hydrogen (secondary N) is 2. The summed E-state index contributed by atoms with van der Waals surface area (Å²) in [5, 5.41) is 6.37. The zero-order valence-electron chi connectivity index (χ0n) is 19.2. The third-order valence-electron chi connectivity index (χ3n) is 4.88. The molecule has 3 rings (SSSR count). The first-order chi connectivity index (χ1) is 15.1. The minimum atomic E-state index is -0.602. The molecule has 0 unspecified atom stereocenters. The van der Waals surface area contributed by atoms with Crippen molar-refractivity contribution in [1.29, 1.82) is 0 Å². The van der Waals surface area contributed by atoms with E-state index in [0.29, 0.717) is 17.7 Å². The van der Waals surface area contributed by atoms with Crippen LogP contribution in [0.1, 0.15) is 50.4 Å². The second-order valence-electron chi connectivity index (χ2n) is 8.84. The minimum Gasteiger partial charge on any atom is -0.444 e. The van der Waals surface area contributed by atoms with Gasteiger partial charge in [-0.05, 0) is 57.9 Å². The lowest BCUT2D eigenvalue weighted by atomic mass is 9.94. The van der Waals surface area contributed by atoms with Crippen molar-refractivity contribution in [2.24, 2.45) is 0 Å². The van der Waals surface area contributed by atoms with Crippen molar-refractivity contribution < 1.29 is 13.9 Å². The summed E-state index contributed by atoms with van der Waals surface area (Å²) in [6.45, 7) is 9.84. The number of alkyl carbamates (subject to hydrolysis) is 1. The van der Waals surface area contributed by atoms with Crippen LogP contribution in [-0.2, 0) is 11.3 Å². The van der Waals surface area contributed by atoms with Gasteiger partial charge in [0.25, 0.3) is 0 Å². The second-order valence-corrected chi connectivity index (χ2v) is 8.84. The number of pyridine rings is 1. The van der Waals surface area contributed by atoms with Crippen LogP contribution in [0.2, 0.25) is 0 Å². The first-order valence-corrected chi connectivity index (χ1v) is 10.7. The van der Waals surface area contributed by atoms with Crippen LogP contribution in [0.5, 0.6) is 0 Å². The predicted octanol–water partition coefficient (Wildman–Crippen LogP) is 6.39. The quantitative estimate of drug-likeness (QED) is 0.471. The van der Waals surface area contributed by atoms with E-state index in [9.17, 15) is 9.18 Å². The van der Waals surface area contributed by atoms with E-state index in [-0.39, 0.29) is 11.9 Å². The molecule has 0 radical (unpaired) electrons. The number of aromatic nitrogens is 1. The molecule has 168 valence electrons. The van der Waals surface area contributed by atoms with Gasteiger partial charge < -0.3 is 15.4 Å². The fourth-order valence-electron chi connectivity index (χ4n) is 3.49. The van der Waals surface area contributed by atoms with E-state index in [4.69, 9.17) is 4.74 Å². The van der Waals surface area contributed by atoms with E-state index in [1.54, 1.807) is 0 Å². The molecule has 0 spiro atoms. The predicted molar refractivity (Wildman–Crippen MR) is 126 cm³/mol. The Hall–Kier alpha value is -3.41. The van der Waals surface area contributed by atoms with Crippen LogP contribution in [0.3, 0.4) is 0 Å². The van der Waals surface area contributed by atoms with Crippen molar-refractivity contribution in [3.05, 3.63) is 83.4 Å². The molecule has 6 heteroatoms. The summed E-state index contributed by atoms with van der Waals surface area (Å²) in [4.78, 5) is 16.5. The van der Waals surface area contributed by atoms with Gasteiger partial charge in [-0.25, -0.2) is 9.18 Å². The minimum absolute atomic E-state index is 0.355. The fraction of sp³-hybridized carbons (Fsp3) is 0.308. The SMILES string of the molecule is Cc1cc(-c2cnccc2F)c(NCc2ccccc2)c([C@@H](C)NC(=O)OC(C)(C)C)c1. The Kier molecular flexibility index (Phi) is 7.13. The van der Waals surface area contributed by atoms with Crippen LogP contribution in [-0.4, -0.2) is 16.7 Å². The Balaban J connectivity index is 2.02. The van der Waals surface area contributed by atoms with Gasteiger partial charge in [0.2, 0.25) is 0 Å². The number of halogens is 1. The summed E-state index contributed by atoms with van der Waals surface area (Å²) >= 11 is 0. The summed E-state index contributed by atoms with van der Waals surface area (Å²) in [6, 6.07) is 14.8. The van der Waals surface area contributed by atoms with Crippen LogP contribution in [0.25, 0.3) is 11.1 Å². The number of nitrogens with zero attached hydrogens (tertiary/aromatic N) is 1. The Bertz CT molecular complexity index is 1080. The lowest BCUT2D eigenvalue weighted by molar-refractivity contribution is 0.0508. The maximum Gasteiger partial charge on any atom is 0.408 e. The highest BCUT2D eigenvalue weighted by molar-refractivity contribution is 5.82. The number of anilines is 1. The Labute approximate surface area is 189 Å². The van der Waals surface area contributed by atoms with Gasteiger partial charge in [0, 0.05) is 35.8 Å². The van der Waals surface area contributed by atoms with E-state index in [1.807, 2.05) is 77.1 Å². The van der Waals surface area contributed by atoms with Crippen molar-refractivity contribution in [2.45, 2.75) is 52.8 Å². The number of hydrogen-bond donors (Lipinski definition) is 2. The second kappa shape index (κ2) is 9.81. The van der Waals surface area contributed by atoms with Crippen molar-refractivity contribution in [3.8, 4) is 11.1 Å². The Morgan fingerprint density at radius 1 is 1.12 bits per heavy atom. The van der Waals surface area contributed by atoms with Crippen molar-refractivity contribution in [2.75, 3.05) is 5.32 Å². The summed E-state index contributed by atoms with van der Waals surface area (Å²) in [5.74, 6) is -0.355. The standard InChI is InChI=1S/C26H30FN3O2/c1-17-13-20(18(2)30-25(31)32-26(3,4)5)24(29-15-19-9-7-6-8-10-19)21(14-17)22-16-28-12-11-23(22)27/h6-14,16,18,29H,15H2,1-5H3,(H,30,31)/t18-/m1/s1. The maximum atomic E-state index is 14.7.